The van der Waals surface area contributed by atoms with E-state index in [1.54, 1.807) is 6.07 Å². The first-order chi connectivity index (χ1) is 7.66. The molecule has 16 heavy (non-hydrogen) atoms. The molecule has 1 atom stereocenters. The minimum Gasteiger partial charge on any atom is -0.481 e. The van der Waals surface area contributed by atoms with Gasteiger partial charge in [-0.25, -0.2) is 0 Å². The highest BCUT2D eigenvalue weighted by molar-refractivity contribution is 6.31. The van der Waals surface area contributed by atoms with Crippen LogP contribution in [0.4, 0.5) is 0 Å². The normalized spacial score (nSPS) is 19.1. The van der Waals surface area contributed by atoms with Gasteiger partial charge in [0, 0.05) is 10.6 Å². The van der Waals surface area contributed by atoms with E-state index in [1.165, 1.54) is 0 Å². The van der Waals surface area contributed by atoms with Gasteiger partial charge < -0.3 is 9.84 Å². The van der Waals surface area contributed by atoms with Gasteiger partial charge in [-0.15, -0.1) is 0 Å². The van der Waals surface area contributed by atoms with Crippen LogP contribution in [-0.2, 0) is 9.53 Å². The fourth-order valence-electron chi connectivity index (χ4n) is 1.55. The predicted molar refractivity (Wildman–Crippen MR) is 59.8 cm³/mol. The second-order valence-corrected chi connectivity index (χ2v) is 3.84. The molecule has 1 unspecified atom stereocenters. The molecule has 1 aliphatic rings. The first kappa shape index (κ1) is 11.0. The molecule has 1 aromatic carbocycles. The molecule has 0 saturated heterocycles. The minimum absolute atomic E-state index is 0.180. The molecular weight excluding hydrogens is 230 g/mol. The van der Waals surface area contributed by atoms with Crippen LogP contribution in [0.3, 0.4) is 0 Å². The number of carbonyl (C=O) groups is 1. The van der Waals surface area contributed by atoms with E-state index in [0.717, 1.165) is 5.56 Å². The smallest absolute Gasteiger partial charge is 0.312 e. The third kappa shape index (κ3) is 2.33. The third-order valence-corrected chi connectivity index (χ3v) is 2.61. The van der Waals surface area contributed by atoms with Crippen molar-refractivity contribution in [3.8, 4) is 0 Å². The molecule has 4 nitrogen and oxygen atoms in total. The van der Waals surface area contributed by atoms with E-state index in [2.05, 4.69) is 4.99 Å². The second kappa shape index (κ2) is 4.53. The number of aliphatic carboxylic acids is 1. The van der Waals surface area contributed by atoms with Crippen LogP contribution < -0.4 is 0 Å². The van der Waals surface area contributed by atoms with Gasteiger partial charge >= 0.3 is 5.97 Å². The van der Waals surface area contributed by atoms with E-state index < -0.39 is 5.97 Å². The largest absolute Gasteiger partial charge is 0.481 e. The highest BCUT2D eigenvalue weighted by atomic mass is 35.5. The molecule has 1 heterocycles. The number of ether oxygens (including phenoxy) is 1. The number of carboxylic acids is 1. The summed E-state index contributed by atoms with van der Waals surface area (Å²) in [6.45, 7) is 0.423. The van der Waals surface area contributed by atoms with Gasteiger partial charge in [0.2, 0.25) is 0 Å². The SMILES string of the molecule is O=C(O)CC1=NCC(c2ccccc2Cl)O1. The van der Waals surface area contributed by atoms with E-state index in [4.69, 9.17) is 21.4 Å². The van der Waals surface area contributed by atoms with Gasteiger partial charge in [0.15, 0.2) is 5.90 Å². The second-order valence-electron chi connectivity index (χ2n) is 3.43. The molecule has 5 heteroatoms. The van der Waals surface area contributed by atoms with Crippen molar-refractivity contribution in [1.29, 1.82) is 0 Å². The molecule has 2 rings (SSSR count). The molecule has 1 N–H and O–H groups in total. The molecule has 1 aliphatic heterocycles. The highest BCUT2D eigenvalue weighted by Crippen LogP contribution is 2.29. The number of halogens is 1. The topological polar surface area (TPSA) is 58.9 Å². The number of hydrogen-bond acceptors (Lipinski definition) is 3. The van der Waals surface area contributed by atoms with Crippen molar-refractivity contribution in [1.82, 2.24) is 0 Å². The molecule has 0 amide bonds. The Morgan fingerprint density at radius 1 is 1.56 bits per heavy atom. The zero-order valence-corrected chi connectivity index (χ0v) is 9.15. The van der Waals surface area contributed by atoms with Crippen LogP contribution in [0.5, 0.6) is 0 Å². The van der Waals surface area contributed by atoms with Crippen LogP contribution in [0.2, 0.25) is 5.02 Å². The van der Waals surface area contributed by atoms with Crippen LogP contribution in [0.1, 0.15) is 18.1 Å². The van der Waals surface area contributed by atoms with E-state index >= 15 is 0 Å². The molecule has 0 aliphatic carbocycles. The van der Waals surface area contributed by atoms with Crippen molar-refractivity contribution < 1.29 is 14.6 Å². The number of aliphatic imine (C=N–C) groups is 1. The molecule has 84 valence electrons. The maximum Gasteiger partial charge on any atom is 0.312 e. The summed E-state index contributed by atoms with van der Waals surface area (Å²) in [5.74, 6) is -0.684. The molecule has 0 fully saturated rings. The van der Waals surface area contributed by atoms with Gasteiger partial charge in [-0.1, -0.05) is 29.8 Å². The monoisotopic (exact) mass is 239 g/mol. The fourth-order valence-corrected chi connectivity index (χ4v) is 1.81. The fraction of sp³-hybridized carbons (Fsp3) is 0.273. The average molecular weight is 240 g/mol. The van der Waals surface area contributed by atoms with Crippen molar-refractivity contribution in [2.75, 3.05) is 6.54 Å². The quantitative estimate of drug-likeness (QED) is 0.880. The maximum atomic E-state index is 10.5. The van der Waals surface area contributed by atoms with E-state index in [9.17, 15) is 4.79 Å². The van der Waals surface area contributed by atoms with Gasteiger partial charge in [-0.05, 0) is 6.07 Å². The number of hydrogen-bond donors (Lipinski definition) is 1. The van der Waals surface area contributed by atoms with Crippen LogP contribution in [-0.4, -0.2) is 23.5 Å². The van der Waals surface area contributed by atoms with Gasteiger partial charge in [0.1, 0.15) is 12.5 Å². The molecule has 0 spiro atoms. The standard InChI is InChI=1S/C11H10ClNO3/c12-8-4-2-1-3-7(8)9-6-13-10(16-9)5-11(14)15/h1-4,9H,5-6H2,(H,14,15). The summed E-state index contributed by atoms with van der Waals surface area (Å²) in [5, 5.41) is 9.21. The van der Waals surface area contributed by atoms with Crippen LogP contribution in [0.15, 0.2) is 29.3 Å². The molecule has 0 aromatic heterocycles. The highest BCUT2D eigenvalue weighted by Gasteiger charge is 2.24. The summed E-state index contributed by atoms with van der Waals surface area (Å²) in [5.41, 5.74) is 0.841. The van der Waals surface area contributed by atoms with Crippen molar-refractivity contribution in [2.24, 2.45) is 4.99 Å². The average Bonchev–Trinajstić information content (AvgIpc) is 2.66. The summed E-state index contributed by atoms with van der Waals surface area (Å²) >= 11 is 6.01. The molecule has 0 bridgehead atoms. The Kier molecular flexibility index (Phi) is 3.10. The van der Waals surface area contributed by atoms with Gasteiger partial charge in [0.25, 0.3) is 0 Å². The van der Waals surface area contributed by atoms with Crippen molar-refractivity contribution in [2.45, 2.75) is 12.5 Å². The lowest BCUT2D eigenvalue weighted by Crippen LogP contribution is -2.09. The zero-order chi connectivity index (χ0) is 11.5. The summed E-state index contributed by atoms with van der Waals surface area (Å²) < 4.78 is 5.42. The van der Waals surface area contributed by atoms with Crippen LogP contribution in [0.25, 0.3) is 0 Å². The first-order valence-corrected chi connectivity index (χ1v) is 5.21. The Morgan fingerprint density at radius 3 is 3.00 bits per heavy atom. The summed E-state index contributed by atoms with van der Waals surface area (Å²) in [4.78, 5) is 14.5. The lowest BCUT2D eigenvalue weighted by Gasteiger charge is -2.12. The molecule has 0 saturated carbocycles. The van der Waals surface area contributed by atoms with Gasteiger partial charge in [0.05, 0.1) is 6.54 Å². The van der Waals surface area contributed by atoms with Gasteiger partial charge in [-0.3, -0.25) is 9.79 Å². The maximum absolute atomic E-state index is 10.5. The molecular formula is C11H10ClNO3. The van der Waals surface area contributed by atoms with Gasteiger partial charge in [-0.2, -0.15) is 0 Å². The van der Waals surface area contributed by atoms with Crippen molar-refractivity contribution in [3.05, 3.63) is 34.9 Å². The Hall–Kier alpha value is -1.55. The van der Waals surface area contributed by atoms with Crippen molar-refractivity contribution >= 4 is 23.5 Å². The molecule has 1 aromatic rings. The van der Waals surface area contributed by atoms with Crippen molar-refractivity contribution in [3.63, 3.8) is 0 Å². The number of carboxylic acid groups (broad SMARTS) is 1. The van der Waals surface area contributed by atoms with Crippen LogP contribution >= 0.6 is 11.6 Å². The van der Waals surface area contributed by atoms with E-state index in [-0.39, 0.29) is 18.4 Å². The third-order valence-electron chi connectivity index (χ3n) is 2.27. The lowest BCUT2D eigenvalue weighted by molar-refractivity contribution is -0.135. The Bertz CT molecular complexity index is 445. The number of rotatable bonds is 3. The zero-order valence-electron chi connectivity index (χ0n) is 8.39. The lowest BCUT2D eigenvalue weighted by atomic mass is 10.1. The summed E-state index contributed by atoms with van der Waals surface area (Å²) in [7, 11) is 0. The number of nitrogens with zero attached hydrogens (tertiary/aromatic N) is 1. The Labute approximate surface area is 97.5 Å². The van der Waals surface area contributed by atoms with Crippen LogP contribution in [0, 0.1) is 0 Å². The van der Waals surface area contributed by atoms with E-state index in [0.29, 0.717) is 11.6 Å². The number of benzene rings is 1. The Morgan fingerprint density at radius 2 is 2.31 bits per heavy atom. The molecule has 0 radical (unpaired) electrons. The first-order valence-electron chi connectivity index (χ1n) is 4.83. The Balaban J connectivity index is 2.06. The summed E-state index contributed by atoms with van der Waals surface area (Å²) in [6.07, 6.45) is -0.441. The predicted octanol–water partition coefficient (Wildman–Crippen LogP) is 2.28. The van der Waals surface area contributed by atoms with E-state index in [1.807, 2.05) is 18.2 Å². The minimum atomic E-state index is -0.946. The summed E-state index contributed by atoms with van der Waals surface area (Å²) in [6, 6.07) is 7.32.